The third-order valence-electron chi connectivity index (χ3n) is 2.38. The summed E-state index contributed by atoms with van der Waals surface area (Å²) in [6.07, 6.45) is -4.75. The van der Waals surface area contributed by atoms with Gasteiger partial charge < -0.3 is 10.6 Å². The standard InChI is InChI=1S/C11H14F3N3O2/c1-2-15-5-6-16-8-3-4-10(17(18)19)9(7-8)11(12,13)14/h3-4,7,15-16H,2,5-6H2,1H3. The fraction of sp³-hybridized carbons (Fsp3) is 0.455. The monoisotopic (exact) mass is 277 g/mol. The number of nitrogens with one attached hydrogen (secondary N) is 2. The Balaban J connectivity index is 2.90. The Kier molecular flexibility index (Phi) is 5.11. The first-order chi connectivity index (χ1) is 8.86. The molecule has 106 valence electrons. The largest absolute Gasteiger partial charge is 0.423 e. The summed E-state index contributed by atoms with van der Waals surface area (Å²) >= 11 is 0. The minimum atomic E-state index is -4.75. The number of benzene rings is 1. The zero-order valence-electron chi connectivity index (χ0n) is 10.3. The molecule has 0 amide bonds. The molecule has 19 heavy (non-hydrogen) atoms. The molecule has 1 aromatic rings. The van der Waals surface area contributed by atoms with Gasteiger partial charge in [-0.2, -0.15) is 13.2 Å². The van der Waals surface area contributed by atoms with E-state index in [4.69, 9.17) is 0 Å². The Morgan fingerprint density at radius 2 is 2.00 bits per heavy atom. The number of nitro groups is 1. The summed E-state index contributed by atoms with van der Waals surface area (Å²) < 4.78 is 38.1. The van der Waals surface area contributed by atoms with Gasteiger partial charge in [0.1, 0.15) is 5.56 Å². The van der Waals surface area contributed by atoms with Crippen LogP contribution in [0, 0.1) is 10.1 Å². The van der Waals surface area contributed by atoms with Crippen molar-refractivity contribution in [1.29, 1.82) is 0 Å². The summed E-state index contributed by atoms with van der Waals surface area (Å²) in [4.78, 5) is 9.52. The van der Waals surface area contributed by atoms with Crippen LogP contribution in [0.4, 0.5) is 24.5 Å². The van der Waals surface area contributed by atoms with Crippen molar-refractivity contribution in [3.8, 4) is 0 Å². The van der Waals surface area contributed by atoms with Gasteiger partial charge in [-0.1, -0.05) is 6.92 Å². The summed E-state index contributed by atoms with van der Waals surface area (Å²) in [7, 11) is 0. The molecule has 0 spiro atoms. The molecule has 0 saturated heterocycles. The number of hydrogen-bond donors (Lipinski definition) is 2. The normalized spacial score (nSPS) is 11.4. The van der Waals surface area contributed by atoms with E-state index in [2.05, 4.69) is 10.6 Å². The number of halogens is 3. The molecule has 0 heterocycles. The summed E-state index contributed by atoms with van der Waals surface area (Å²) in [6, 6.07) is 2.88. The average Bonchev–Trinajstić information content (AvgIpc) is 2.33. The number of anilines is 1. The number of nitro benzene ring substituents is 1. The lowest BCUT2D eigenvalue weighted by molar-refractivity contribution is -0.388. The Hall–Kier alpha value is -1.83. The van der Waals surface area contributed by atoms with E-state index in [1.54, 1.807) is 0 Å². The first-order valence-electron chi connectivity index (χ1n) is 5.66. The molecule has 0 unspecified atom stereocenters. The van der Waals surface area contributed by atoms with E-state index in [0.29, 0.717) is 13.1 Å². The van der Waals surface area contributed by atoms with E-state index in [1.807, 2.05) is 6.92 Å². The van der Waals surface area contributed by atoms with Crippen molar-refractivity contribution in [2.45, 2.75) is 13.1 Å². The fourth-order valence-corrected chi connectivity index (χ4v) is 1.50. The molecule has 5 nitrogen and oxygen atoms in total. The molecule has 0 radical (unpaired) electrons. The maximum absolute atomic E-state index is 12.7. The van der Waals surface area contributed by atoms with Gasteiger partial charge in [-0.25, -0.2) is 0 Å². The van der Waals surface area contributed by atoms with Crippen LogP contribution in [0.2, 0.25) is 0 Å². The Bertz CT molecular complexity index is 449. The summed E-state index contributed by atoms with van der Waals surface area (Å²) in [5.74, 6) is 0. The highest BCUT2D eigenvalue weighted by Crippen LogP contribution is 2.37. The van der Waals surface area contributed by atoms with E-state index in [9.17, 15) is 23.3 Å². The number of rotatable bonds is 6. The topological polar surface area (TPSA) is 67.2 Å². The van der Waals surface area contributed by atoms with Crippen LogP contribution in [0.1, 0.15) is 12.5 Å². The van der Waals surface area contributed by atoms with Crippen molar-refractivity contribution in [2.75, 3.05) is 25.0 Å². The summed E-state index contributed by atoms with van der Waals surface area (Å²) in [5, 5.41) is 16.3. The SMILES string of the molecule is CCNCCNc1ccc([N+](=O)[O-])c(C(F)(F)F)c1. The zero-order valence-corrected chi connectivity index (χ0v) is 10.3. The summed E-state index contributed by atoms with van der Waals surface area (Å²) in [6.45, 7) is 3.70. The second-order valence-electron chi connectivity index (χ2n) is 3.77. The zero-order chi connectivity index (χ0) is 14.5. The van der Waals surface area contributed by atoms with Crippen molar-refractivity contribution in [1.82, 2.24) is 5.32 Å². The fourth-order valence-electron chi connectivity index (χ4n) is 1.50. The molecule has 0 aliphatic heterocycles. The van der Waals surface area contributed by atoms with Crippen molar-refractivity contribution in [3.05, 3.63) is 33.9 Å². The van der Waals surface area contributed by atoms with E-state index in [1.165, 1.54) is 6.07 Å². The average molecular weight is 277 g/mol. The number of likely N-dealkylation sites (N-methyl/N-ethyl adjacent to an activating group) is 1. The molecule has 0 aliphatic rings. The van der Waals surface area contributed by atoms with Gasteiger partial charge >= 0.3 is 6.18 Å². The van der Waals surface area contributed by atoms with Crippen LogP contribution in [0.3, 0.4) is 0 Å². The van der Waals surface area contributed by atoms with E-state index in [0.717, 1.165) is 18.7 Å². The molecule has 8 heteroatoms. The molecule has 0 atom stereocenters. The Morgan fingerprint density at radius 3 is 2.53 bits per heavy atom. The number of nitrogens with zero attached hydrogens (tertiary/aromatic N) is 1. The van der Waals surface area contributed by atoms with Gasteiger partial charge in [0.05, 0.1) is 4.92 Å². The molecule has 0 aliphatic carbocycles. The number of hydrogen-bond acceptors (Lipinski definition) is 4. The second kappa shape index (κ2) is 6.37. The lowest BCUT2D eigenvalue weighted by Crippen LogP contribution is -2.21. The number of alkyl halides is 3. The van der Waals surface area contributed by atoms with Gasteiger partial charge in [-0.05, 0) is 18.7 Å². The minimum absolute atomic E-state index is 0.204. The predicted octanol–water partition coefficient (Wildman–Crippen LogP) is 2.64. The van der Waals surface area contributed by atoms with Gasteiger partial charge in [0.2, 0.25) is 0 Å². The highest BCUT2D eigenvalue weighted by atomic mass is 19.4. The van der Waals surface area contributed by atoms with Gasteiger partial charge in [0.15, 0.2) is 0 Å². The van der Waals surface area contributed by atoms with Crippen LogP contribution in [0.25, 0.3) is 0 Å². The molecule has 2 N–H and O–H groups in total. The third kappa shape index (κ3) is 4.40. The van der Waals surface area contributed by atoms with Crippen LogP contribution in [0.15, 0.2) is 18.2 Å². The van der Waals surface area contributed by atoms with Gasteiger partial charge in [-0.15, -0.1) is 0 Å². The molecular formula is C11H14F3N3O2. The first kappa shape index (κ1) is 15.2. The van der Waals surface area contributed by atoms with Crippen molar-refractivity contribution in [3.63, 3.8) is 0 Å². The van der Waals surface area contributed by atoms with Crippen LogP contribution in [0.5, 0.6) is 0 Å². The second-order valence-corrected chi connectivity index (χ2v) is 3.77. The quantitative estimate of drug-likeness (QED) is 0.476. The lowest BCUT2D eigenvalue weighted by atomic mass is 10.1. The molecule has 0 aromatic heterocycles. The van der Waals surface area contributed by atoms with Gasteiger partial charge in [0, 0.05) is 24.8 Å². The molecule has 1 rings (SSSR count). The highest BCUT2D eigenvalue weighted by Gasteiger charge is 2.38. The van der Waals surface area contributed by atoms with E-state index in [-0.39, 0.29) is 5.69 Å². The predicted molar refractivity (Wildman–Crippen MR) is 65.1 cm³/mol. The van der Waals surface area contributed by atoms with Crippen molar-refractivity contribution < 1.29 is 18.1 Å². The lowest BCUT2D eigenvalue weighted by Gasteiger charge is -2.11. The molecule has 0 saturated carbocycles. The Morgan fingerprint density at radius 1 is 1.32 bits per heavy atom. The van der Waals surface area contributed by atoms with Crippen LogP contribution < -0.4 is 10.6 Å². The van der Waals surface area contributed by atoms with Crippen LogP contribution in [-0.2, 0) is 6.18 Å². The van der Waals surface area contributed by atoms with Crippen molar-refractivity contribution in [2.24, 2.45) is 0 Å². The smallest absolute Gasteiger partial charge is 0.384 e. The maximum Gasteiger partial charge on any atom is 0.423 e. The molecule has 0 bridgehead atoms. The maximum atomic E-state index is 12.7. The first-order valence-corrected chi connectivity index (χ1v) is 5.66. The van der Waals surface area contributed by atoms with E-state index < -0.39 is 22.4 Å². The van der Waals surface area contributed by atoms with Crippen molar-refractivity contribution >= 4 is 11.4 Å². The summed E-state index contributed by atoms with van der Waals surface area (Å²) in [5.41, 5.74) is -1.98. The van der Waals surface area contributed by atoms with Crippen LogP contribution in [-0.4, -0.2) is 24.6 Å². The Labute approximate surface area is 108 Å². The van der Waals surface area contributed by atoms with Gasteiger partial charge in [-0.3, -0.25) is 10.1 Å². The van der Waals surface area contributed by atoms with Crippen LogP contribution >= 0.6 is 0 Å². The molecule has 0 fully saturated rings. The van der Waals surface area contributed by atoms with E-state index >= 15 is 0 Å². The third-order valence-corrected chi connectivity index (χ3v) is 2.38. The minimum Gasteiger partial charge on any atom is -0.384 e. The molecule has 1 aromatic carbocycles. The molecular weight excluding hydrogens is 263 g/mol. The van der Waals surface area contributed by atoms with Gasteiger partial charge in [0.25, 0.3) is 5.69 Å². The highest BCUT2D eigenvalue weighted by molar-refractivity contribution is 5.55.